The Morgan fingerprint density at radius 2 is 2.08 bits per heavy atom. The van der Waals surface area contributed by atoms with Gasteiger partial charge < -0.3 is 9.26 Å². The molecule has 0 radical (unpaired) electrons. The fourth-order valence-electron chi connectivity index (χ4n) is 2.32. The zero-order valence-corrected chi connectivity index (χ0v) is 14.6. The molecule has 0 bridgehead atoms. The molecule has 7 nitrogen and oxygen atoms in total. The molecule has 0 aliphatic heterocycles. The highest BCUT2D eigenvalue weighted by molar-refractivity contribution is 7.08. The van der Waals surface area contributed by atoms with Crippen molar-refractivity contribution in [3.63, 3.8) is 0 Å². The highest BCUT2D eigenvalue weighted by Gasteiger charge is 2.15. The number of hydrogen-bond acceptors (Lipinski definition) is 7. The quantitative estimate of drug-likeness (QED) is 0.539. The van der Waals surface area contributed by atoms with E-state index >= 15 is 0 Å². The van der Waals surface area contributed by atoms with Gasteiger partial charge in [0.05, 0.1) is 11.3 Å². The van der Waals surface area contributed by atoms with Gasteiger partial charge in [-0.15, -0.1) is 0 Å². The number of carbonyl (C=O) groups is 1. The summed E-state index contributed by atoms with van der Waals surface area (Å²) < 4.78 is 10.4. The van der Waals surface area contributed by atoms with Crippen molar-refractivity contribution in [2.75, 3.05) is 0 Å². The number of nitrogens with zero attached hydrogens (tertiary/aromatic N) is 3. The van der Waals surface area contributed by atoms with Crippen LogP contribution >= 0.6 is 11.3 Å². The van der Waals surface area contributed by atoms with Crippen LogP contribution in [0.25, 0.3) is 22.7 Å². The summed E-state index contributed by atoms with van der Waals surface area (Å²) in [5.41, 5.74) is 3.87. The molecule has 0 saturated heterocycles. The lowest BCUT2D eigenvalue weighted by Gasteiger charge is -1.98. The minimum absolute atomic E-state index is 0.0780. The number of hydrogen-bond donors (Lipinski definition) is 1. The second kappa shape index (κ2) is 6.93. The fraction of sp³-hybridized carbons (Fsp3) is 0.111. The minimum Gasteiger partial charge on any atom is -0.453 e. The largest absolute Gasteiger partial charge is 0.453 e. The fourth-order valence-corrected chi connectivity index (χ4v) is 2.95. The molecule has 0 unspecified atom stereocenters. The summed E-state index contributed by atoms with van der Waals surface area (Å²) in [5, 5.41) is 14.5. The van der Waals surface area contributed by atoms with Crippen molar-refractivity contribution in [3.05, 3.63) is 64.2 Å². The van der Waals surface area contributed by atoms with Crippen molar-refractivity contribution in [2.45, 2.75) is 13.5 Å². The Hall–Kier alpha value is -3.26. The molecule has 8 heteroatoms. The molecule has 3 aromatic heterocycles. The van der Waals surface area contributed by atoms with E-state index < -0.39 is 5.97 Å². The molecule has 0 aliphatic rings. The Morgan fingerprint density at radius 1 is 1.23 bits per heavy atom. The summed E-state index contributed by atoms with van der Waals surface area (Å²) in [5.74, 6) is 0.177. The SMILES string of the molecule is Cc1ccc(-c2cc(C(=O)OCc3noc(-c4ccsc4)n3)[nH]n2)cc1. The molecule has 0 saturated carbocycles. The van der Waals surface area contributed by atoms with Crippen LogP contribution in [0.4, 0.5) is 0 Å². The molecular weight excluding hydrogens is 352 g/mol. The third kappa shape index (κ3) is 3.40. The number of thiophene rings is 1. The van der Waals surface area contributed by atoms with E-state index in [0.717, 1.165) is 16.7 Å². The molecule has 130 valence electrons. The predicted octanol–water partition coefficient (Wildman–Crippen LogP) is 3.85. The average molecular weight is 366 g/mol. The number of carbonyl (C=O) groups excluding carboxylic acids is 1. The van der Waals surface area contributed by atoms with Crippen molar-refractivity contribution in [3.8, 4) is 22.7 Å². The summed E-state index contributed by atoms with van der Waals surface area (Å²) >= 11 is 1.54. The summed E-state index contributed by atoms with van der Waals surface area (Å²) in [6.45, 7) is 1.93. The molecule has 0 amide bonds. The monoisotopic (exact) mass is 366 g/mol. The number of aryl methyl sites for hydroxylation is 1. The van der Waals surface area contributed by atoms with Crippen LogP contribution in [0.3, 0.4) is 0 Å². The molecule has 26 heavy (non-hydrogen) atoms. The zero-order valence-electron chi connectivity index (χ0n) is 13.8. The van der Waals surface area contributed by atoms with Gasteiger partial charge in [0.2, 0.25) is 5.82 Å². The van der Waals surface area contributed by atoms with E-state index in [1.165, 1.54) is 11.3 Å². The van der Waals surface area contributed by atoms with Gasteiger partial charge in [-0.05, 0) is 24.4 Å². The molecule has 3 heterocycles. The summed E-state index contributed by atoms with van der Waals surface area (Å²) in [6.07, 6.45) is 0. The minimum atomic E-state index is -0.530. The average Bonchev–Trinajstić information content (AvgIpc) is 3.41. The summed E-state index contributed by atoms with van der Waals surface area (Å²) in [7, 11) is 0. The Bertz CT molecular complexity index is 1020. The first-order valence-electron chi connectivity index (χ1n) is 7.84. The number of aromatic nitrogens is 4. The predicted molar refractivity (Wildman–Crippen MR) is 95.5 cm³/mol. The number of ether oxygens (including phenoxy) is 1. The second-order valence-corrected chi connectivity index (χ2v) is 6.42. The molecule has 4 rings (SSSR count). The molecular formula is C18H14N4O3S. The van der Waals surface area contributed by atoms with Crippen molar-refractivity contribution >= 4 is 17.3 Å². The van der Waals surface area contributed by atoms with Gasteiger partial charge in [0.25, 0.3) is 5.89 Å². The Labute approximate surface area is 152 Å². The highest BCUT2D eigenvalue weighted by Crippen LogP contribution is 2.21. The van der Waals surface area contributed by atoms with Gasteiger partial charge in [0.1, 0.15) is 5.69 Å². The Kier molecular flexibility index (Phi) is 4.32. The third-order valence-electron chi connectivity index (χ3n) is 3.71. The van der Waals surface area contributed by atoms with Crippen LogP contribution in [-0.2, 0) is 11.3 Å². The molecule has 0 aliphatic carbocycles. The van der Waals surface area contributed by atoms with Gasteiger partial charge in [-0.3, -0.25) is 5.10 Å². The van der Waals surface area contributed by atoms with Gasteiger partial charge in [0.15, 0.2) is 6.61 Å². The number of aromatic amines is 1. The van der Waals surface area contributed by atoms with Gasteiger partial charge in [-0.25, -0.2) is 4.79 Å². The number of esters is 1. The second-order valence-electron chi connectivity index (χ2n) is 5.64. The van der Waals surface area contributed by atoms with Crippen LogP contribution in [0.1, 0.15) is 21.9 Å². The molecule has 0 fully saturated rings. The third-order valence-corrected chi connectivity index (χ3v) is 4.40. The van der Waals surface area contributed by atoms with Crippen LogP contribution in [0.15, 0.2) is 51.7 Å². The topological polar surface area (TPSA) is 93.9 Å². The smallest absolute Gasteiger partial charge is 0.356 e. The van der Waals surface area contributed by atoms with Gasteiger partial charge >= 0.3 is 5.97 Å². The first-order valence-corrected chi connectivity index (χ1v) is 8.78. The van der Waals surface area contributed by atoms with Crippen LogP contribution in [0.5, 0.6) is 0 Å². The standard InChI is InChI=1S/C18H14N4O3S/c1-11-2-4-12(5-3-11)14-8-15(21-20-14)18(23)24-9-16-19-17(25-22-16)13-6-7-26-10-13/h2-8,10H,9H2,1H3,(H,20,21). The number of H-pyrrole nitrogens is 1. The molecule has 1 aromatic carbocycles. The van der Waals surface area contributed by atoms with Gasteiger partial charge in [0, 0.05) is 10.9 Å². The van der Waals surface area contributed by atoms with Crippen molar-refractivity contribution in [2.24, 2.45) is 0 Å². The van der Waals surface area contributed by atoms with E-state index in [-0.39, 0.29) is 12.3 Å². The highest BCUT2D eigenvalue weighted by atomic mass is 32.1. The van der Waals surface area contributed by atoms with Crippen molar-refractivity contribution in [1.82, 2.24) is 20.3 Å². The van der Waals surface area contributed by atoms with E-state index in [1.807, 2.05) is 48.0 Å². The van der Waals surface area contributed by atoms with E-state index in [9.17, 15) is 4.79 Å². The van der Waals surface area contributed by atoms with E-state index in [2.05, 4.69) is 20.3 Å². The number of rotatable bonds is 5. The maximum atomic E-state index is 12.2. The molecule has 0 spiro atoms. The summed E-state index contributed by atoms with van der Waals surface area (Å²) in [4.78, 5) is 16.4. The Balaban J connectivity index is 1.40. The first kappa shape index (κ1) is 16.2. The maximum Gasteiger partial charge on any atom is 0.356 e. The van der Waals surface area contributed by atoms with Crippen LogP contribution < -0.4 is 0 Å². The Morgan fingerprint density at radius 3 is 2.85 bits per heavy atom. The van der Waals surface area contributed by atoms with Crippen LogP contribution in [0.2, 0.25) is 0 Å². The normalized spacial score (nSPS) is 10.8. The van der Waals surface area contributed by atoms with Crippen molar-refractivity contribution in [1.29, 1.82) is 0 Å². The van der Waals surface area contributed by atoms with Crippen LogP contribution in [-0.4, -0.2) is 26.3 Å². The molecule has 0 atom stereocenters. The van der Waals surface area contributed by atoms with Gasteiger partial charge in [-0.2, -0.15) is 21.4 Å². The van der Waals surface area contributed by atoms with E-state index in [1.54, 1.807) is 6.07 Å². The maximum absolute atomic E-state index is 12.2. The lowest BCUT2D eigenvalue weighted by molar-refractivity contribution is 0.0452. The molecule has 4 aromatic rings. The lowest BCUT2D eigenvalue weighted by Crippen LogP contribution is -2.06. The van der Waals surface area contributed by atoms with Crippen molar-refractivity contribution < 1.29 is 14.1 Å². The van der Waals surface area contributed by atoms with Crippen LogP contribution in [0, 0.1) is 6.92 Å². The number of benzene rings is 1. The summed E-state index contributed by atoms with van der Waals surface area (Å²) in [6, 6.07) is 11.4. The number of nitrogens with one attached hydrogen (secondary N) is 1. The van der Waals surface area contributed by atoms with Gasteiger partial charge in [-0.1, -0.05) is 35.0 Å². The lowest BCUT2D eigenvalue weighted by atomic mass is 10.1. The van der Waals surface area contributed by atoms with E-state index in [4.69, 9.17) is 9.26 Å². The van der Waals surface area contributed by atoms with E-state index in [0.29, 0.717) is 17.4 Å². The molecule has 1 N–H and O–H groups in total. The zero-order chi connectivity index (χ0) is 17.9. The first-order chi connectivity index (χ1) is 12.7.